The van der Waals surface area contributed by atoms with Gasteiger partial charge in [0.2, 0.25) is 0 Å². The summed E-state index contributed by atoms with van der Waals surface area (Å²) in [5.41, 5.74) is 2.43. The normalized spacial score (nSPS) is 16.8. The van der Waals surface area contributed by atoms with Crippen molar-refractivity contribution in [1.29, 1.82) is 0 Å². The SMILES string of the molecule is CC[C@@H](Oc1ccc(C)c(C)c1)C(=O)N(C)C1CCCC1. The van der Waals surface area contributed by atoms with Crippen LogP contribution in [0.3, 0.4) is 0 Å². The maximum Gasteiger partial charge on any atom is 0.263 e. The molecule has 0 aliphatic heterocycles. The Morgan fingerprint density at radius 3 is 2.52 bits per heavy atom. The molecule has 1 atom stereocenters. The van der Waals surface area contributed by atoms with E-state index in [1.54, 1.807) is 0 Å². The highest BCUT2D eigenvalue weighted by Crippen LogP contribution is 2.24. The van der Waals surface area contributed by atoms with Gasteiger partial charge in [-0.25, -0.2) is 0 Å². The molecule has 1 aromatic rings. The number of rotatable bonds is 5. The van der Waals surface area contributed by atoms with Gasteiger partial charge >= 0.3 is 0 Å². The zero-order valence-corrected chi connectivity index (χ0v) is 13.7. The van der Waals surface area contributed by atoms with Crippen LogP contribution in [0.15, 0.2) is 18.2 Å². The summed E-state index contributed by atoms with van der Waals surface area (Å²) in [4.78, 5) is 14.5. The first-order chi connectivity index (χ1) is 10.0. The number of amides is 1. The summed E-state index contributed by atoms with van der Waals surface area (Å²) in [5, 5.41) is 0. The van der Waals surface area contributed by atoms with Crippen molar-refractivity contribution in [2.24, 2.45) is 0 Å². The van der Waals surface area contributed by atoms with E-state index in [0.29, 0.717) is 12.5 Å². The molecule has 1 aliphatic carbocycles. The van der Waals surface area contributed by atoms with Crippen LogP contribution in [-0.4, -0.2) is 30.0 Å². The summed E-state index contributed by atoms with van der Waals surface area (Å²) in [6.45, 7) is 6.15. The molecule has 1 amide bonds. The van der Waals surface area contributed by atoms with Crippen LogP contribution in [0.4, 0.5) is 0 Å². The molecule has 0 saturated heterocycles. The van der Waals surface area contributed by atoms with E-state index in [2.05, 4.69) is 13.8 Å². The van der Waals surface area contributed by atoms with E-state index in [1.807, 2.05) is 37.1 Å². The average molecular weight is 289 g/mol. The first kappa shape index (κ1) is 15.9. The number of benzene rings is 1. The van der Waals surface area contributed by atoms with Crippen LogP contribution in [0.25, 0.3) is 0 Å². The number of carbonyl (C=O) groups is 1. The molecule has 0 radical (unpaired) electrons. The minimum absolute atomic E-state index is 0.114. The van der Waals surface area contributed by atoms with E-state index in [4.69, 9.17) is 4.74 Å². The zero-order chi connectivity index (χ0) is 15.4. The van der Waals surface area contributed by atoms with Crippen molar-refractivity contribution < 1.29 is 9.53 Å². The first-order valence-electron chi connectivity index (χ1n) is 8.03. The van der Waals surface area contributed by atoms with Gasteiger partial charge in [-0.3, -0.25) is 4.79 Å². The second kappa shape index (κ2) is 6.97. The molecular weight excluding hydrogens is 262 g/mol. The van der Waals surface area contributed by atoms with E-state index >= 15 is 0 Å². The van der Waals surface area contributed by atoms with Gasteiger partial charge in [0.05, 0.1) is 0 Å². The van der Waals surface area contributed by atoms with Crippen LogP contribution in [0.1, 0.15) is 50.2 Å². The molecule has 21 heavy (non-hydrogen) atoms. The topological polar surface area (TPSA) is 29.5 Å². The van der Waals surface area contributed by atoms with Crippen molar-refractivity contribution in [2.75, 3.05) is 7.05 Å². The number of hydrogen-bond donors (Lipinski definition) is 0. The van der Waals surface area contributed by atoms with E-state index in [-0.39, 0.29) is 12.0 Å². The predicted octanol–water partition coefficient (Wildman–Crippen LogP) is 3.86. The lowest BCUT2D eigenvalue weighted by molar-refractivity contribution is -0.139. The number of ether oxygens (including phenoxy) is 1. The largest absolute Gasteiger partial charge is 0.481 e. The monoisotopic (exact) mass is 289 g/mol. The third kappa shape index (κ3) is 3.78. The predicted molar refractivity (Wildman–Crippen MR) is 85.6 cm³/mol. The lowest BCUT2D eigenvalue weighted by Crippen LogP contribution is -2.44. The van der Waals surface area contributed by atoms with E-state index < -0.39 is 0 Å². The fourth-order valence-corrected chi connectivity index (χ4v) is 2.96. The molecule has 2 rings (SSSR count). The first-order valence-corrected chi connectivity index (χ1v) is 8.03. The third-order valence-corrected chi connectivity index (χ3v) is 4.62. The lowest BCUT2D eigenvalue weighted by atomic mass is 10.1. The highest BCUT2D eigenvalue weighted by atomic mass is 16.5. The van der Waals surface area contributed by atoms with Crippen LogP contribution in [-0.2, 0) is 4.79 Å². The lowest BCUT2D eigenvalue weighted by Gasteiger charge is -2.28. The Kier molecular flexibility index (Phi) is 5.27. The quantitative estimate of drug-likeness (QED) is 0.823. The van der Waals surface area contributed by atoms with Crippen LogP contribution < -0.4 is 4.74 Å². The number of carbonyl (C=O) groups excluding carboxylic acids is 1. The zero-order valence-electron chi connectivity index (χ0n) is 13.7. The molecule has 0 spiro atoms. The summed E-state index contributed by atoms with van der Waals surface area (Å²) >= 11 is 0. The molecule has 0 N–H and O–H groups in total. The standard InChI is InChI=1S/C18H27NO2/c1-5-17(18(20)19(4)15-8-6-7-9-15)21-16-11-10-13(2)14(3)12-16/h10-12,15,17H,5-9H2,1-4H3/t17-/m1/s1. The van der Waals surface area contributed by atoms with E-state index in [1.165, 1.54) is 24.0 Å². The Balaban J connectivity index is 2.04. The van der Waals surface area contributed by atoms with Crippen LogP contribution >= 0.6 is 0 Å². The summed E-state index contributed by atoms with van der Waals surface area (Å²) < 4.78 is 5.95. The summed E-state index contributed by atoms with van der Waals surface area (Å²) in [6, 6.07) is 6.41. The highest BCUT2D eigenvalue weighted by molar-refractivity contribution is 5.81. The van der Waals surface area contributed by atoms with E-state index in [0.717, 1.165) is 18.6 Å². The van der Waals surface area contributed by atoms with E-state index in [9.17, 15) is 4.79 Å². The molecule has 3 heteroatoms. The summed E-state index contributed by atoms with van der Waals surface area (Å²) in [7, 11) is 1.92. The molecule has 1 aromatic carbocycles. The number of aryl methyl sites for hydroxylation is 2. The Morgan fingerprint density at radius 2 is 1.95 bits per heavy atom. The van der Waals surface area contributed by atoms with Crippen LogP contribution in [0.5, 0.6) is 5.75 Å². The van der Waals surface area contributed by atoms with Gasteiger partial charge in [-0.15, -0.1) is 0 Å². The minimum atomic E-state index is -0.377. The molecule has 0 unspecified atom stereocenters. The summed E-state index contributed by atoms with van der Waals surface area (Å²) in [6.07, 6.45) is 5.04. The fraction of sp³-hybridized carbons (Fsp3) is 0.611. The van der Waals surface area contributed by atoms with Crippen molar-refractivity contribution in [3.63, 3.8) is 0 Å². The van der Waals surface area contributed by atoms with Crippen LogP contribution in [0, 0.1) is 13.8 Å². The second-order valence-electron chi connectivity index (χ2n) is 6.15. The van der Waals surface area contributed by atoms with Gasteiger partial charge in [-0.2, -0.15) is 0 Å². The highest BCUT2D eigenvalue weighted by Gasteiger charge is 2.29. The van der Waals surface area contributed by atoms with Crippen molar-refractivity contribution in [2.45, 2.75) is 65.0 Å². The molecular formula is C18H27NO2. The second-order valence-corrected chi connectivity index (χ2v) is 6.15. The van der Waals surface area contributed by atoms with Gasteiger partial charge in [-0.1, -0.05) is 25.8 Å². The number of likely N-dealkylation sites (N-methyl/N-ethyl adjacent to an activating group) is 1. The molecule has 116 valence electrons. The van der Waals surface area contributed by atoms with Gasteiger partial charge in [0, 0.05) is 13.1 Å². The Morgan fingerprint density at radius 1 is 1.29 bits per heavy atom. The molecule has 1 saturated carbocycles. The van der Waals surface area contributed by atoms with Crippen molar-refractivity contribution in [3.8, 4) is 5.75 Å². The average Bonchev–Trinajstić information content (AvgIpc) is 3.01. The van der Waals surface area contributed by atoms with Gasteiger partial charge in [0.1, 0.15) is 5.75 Å². The maximum atomic E-state index is 12.6. The third-order valence-electron chi connectivity index (χ3n) is 4.62. The van der Waals surface area contributed by atoms with Gasteiger partial charge in [-0.05, 0) is 56.4 Å². The maximum absolute atomic E-state index is 12.6. The minimum Gasteiger partial charge on any atom is -0.481 e. The van der Waals surface area contributed by atoms with Gasteiger partial charge in [0.25, 0.3) is 5.91 Å². The molecule has 1 aliphatic rings. The molecule has 0 aromatic heterocycles. The van der Waals surface area contributed by atoms with Crippen molar-refractivity contribution >= 4 is 5.91 Å². The van der Waals surface area contributed by atoms with Gasteiger partial charge in [0.15, 0.2) is 6.10 Å². The molecule has 3 nitrogen and oxygen atoms in total. The summed E-state index contributed by atoms with van der Waals surface area (Å²) in [5.74, 6) is 0.903. The fourth-order valence-electron chi connectivity index (χ4n) is 2.96. The van der Waals surface area contributed by atoms with Crippen LogP contribution in [0.2, 0.25) is 0 Å². The smallest absolute Gasteiger partial charge is 0.263 e. The molecule has 0 bridgehead atoms. The van der Waals surface area contributed by atoms with Crippen molar-refractivity contribution in [3.05, 3.63) is 29.3 Å². The molecule has 1 fully saturated rings. The number of nitrogens with zero attached hydrogens (tertiary/aromatic N) is 1. The van der Waals surface area contributed by atoms with Crippen molar-refractivity contribution in [1.82, 2.24) is 4.90 Å². The Bertz CT molecular complexity index is 492. The number of hydrogen-bond acceptors (Lipinski definition) is 2. The Hall–Kier alpha value is -1.51. The van der Waals surface area contributed by atoms with Gasteiger partial charge < -0.3 is 9.64 Å². The molecule has 0 heterocycles. The Labute approximate surface area is 128 Å².